The van der Waals surface area contributed by atoms with Crippen LogP contribution in [0, 0.1) is 0 Å². The molecule has 0 aliphatic carbocycles. The molecule has 1 aliphatic rings. The number of nitrogens with one attached hydrogen (secondary N) is 1. The van der Waals surface area contributed by atoms with E-state index in [0.29, 0.717) is 35.3 Å². The van der Waals surface area contributed by atoms with Gasteiger partial charge in [-0.05, 0) is 48.9 Å². The lowest BCUT2D eigenvalue weighted by Crippen LogP contribution is -2.27. The van der Waals surface area contributed by atoms with Gasteiger partial charge in [0.1, 0.15) is 13.2 Å². The monoisotopic (exact) mass is 373 g/mol. The number of carbonyl (C=O) groups is 2. The Morgan fingerprint density at radius 2 is 1.73 bits per heavy atom. The van der Waals surface area contributed by atoms with Crippen molar-refractivity contribution in [3.63, 3.8) is 0 Å². The van der Waals surface area contributed by atoms with E-state index in [2.05, 4.69) is 5.32 Å². The third-order valence-corrected chi connectivity index (χ3v) is 4.44. The number of fused-ring (bicyclic) bond motifs is 1. The van der Waals surface area contributed by atoms with E-state index in [1.807, 2.05) is 25.1 Å². The van der Waals surface area contributed by atoms with Gasteiger partial charge in [0.15, 0.2) is 17.3 Å². The zero-order valence-electron chi connectivity index (χ0n) is 14.5. The number of hydrogen-bond donors (Lipinski definition) is 1. The number of halogens is 1. The van der Waals surface area contributed by atoms with Gasteiger partial charge in [0.25, 0.3) is 0 Å². The van der Waals surface area contributed by atoms with E-state index in [-0.39, 0.29) is 30.6 Å². The van der Waals surface area contributed by atoms with Crippen molar-refractivity contribution in [2.45, 2.75) is 25.8 Å². The molecule has 0 aromatic heterocycles. The quantitative estimate of drug-likeness (QED) is 0.778. The van der Waals surface area contributed by atoms with Gasteiger partial charge in [-0.3, -0.25) is 9.59 Å². The maximum absolute atomic E-state index is 12.2. The highest BCUT2D eigenvalue weighted by molar-refractivity contribution is 6.30. The molecule has 3 rings (SSSR count). The Labute approximate surface area is 157 Å². The van der Waals surface area contributed by atoms with E-state index in [0.717, 1.165) is 5.56 Å². The predicted octanol–water partition coefficient (Wildman–Crippen LogP) is 3.95. The Balaban J connectivity index is 1.52. The molecule has 0 radical (unpaired) electrons. The van der Waals surface area contributed by atoms with E-state index in [4.69, 9.17) is 21.1 Å². The lowest BCUT2D eigenvalue weighted by molar-refractivity contribution is -0.121. The summed E-state index contributed by atoms with van der Waals surface area (Å²) in [6.07, 6.45) is 0.289. The molecule has 1 N–H and O–H groups in total. The molecular weight excluding hydrogens is 354 g/mol. The van der Waals surface area contributed by atoms with Crippen LogP contribution in [0.25, 0.3) is 0 Å². The first-order valence-corrected chi connectivity index (χ1v) is 8.88. The second-order valence-corrected chi connectivity index (χ2v) is 6.56. The molecule has 0 saturated carbocycles. The van der Waals surface area contributed by atoms with Crippen LogP contribution in [-0.4, -0.2) is 24.9 Å². The fourth-order valence-electron chi connectivity index (χ4n) is 2.73. The van der Waals surface area contributed by atoms with Crippen LogP contribution in [-0.2, 0) is 4.79 Å². The van der Waals surface area contributed by atoms with Crippen molar-refractivity contribution in [3.05, 3.63) is 58.6 Å². The summed E-state index contributed by atoms with van der Waals surface area (Å²) in [5, 5.41) is 3.49. The van der Waals surface area contributed by atoms with Crippen LogP contribution < -0.4 is 14.8 Å². The number of ether oxygens (including phenoxy) is 2. The van der Waals surface area contributed by atoms with Crippen LogP contribution in [0.3, 0.4) is 0 Å². The van der Waals surface area contributed by atoms with Gasteiger partial charge in [-0.1, -0.05) is 17.7 Å². The first-order valence-electron chi connectivity index (χ1n) is 8.50. The average Bonchev–Trinajstić information content (AvgIpc) is 2.66. The Morgan fingerprint density at radius 1 is 1.04 bits per heavy atom. The maximum atomic E-state index is 12.2. The van der Waals surface area contributed by atoms with Crippen LogP contribution in [0.1, 0.15) is 41.7 Å². The van der Waals surface area contributed by atoms with E-state index < -0.39 is 0 Å². The third-order valence-electron chi connectivity index (χ3n) is 4.19. The van der Waals surface area contributed by atoms with Gasteiger partial charge in [0, 0.05) is 23.4 Å². The normalized spacial score (nSPS) is 13.8. The second-order valence-electron chi connectivity index (χ2n) is 6.12. The molecular formula is C20H20ClNO4. The van der Waals surface area contributed by atoms with E-state index in [1.54, 1.807) is 24.3 Å². The predicted molar refractivity (Wildman–Crippen MR) is 99.0 cm³/mol. The number of rotatable bonds is 6. The van der Waals surface area contributed by atoms with Crippen molar-refractivity contribution in [2.75, 3.05) is 13.2 Å². The number of ketones is 1. The topological polar surface area (TPSA) is 64.6 Å². The summed E-state index contributed by atoms with van der Waals surface area (Å²) >= 11 is 5.81. The Kier molecular flexibility index (Phi) is 5.78. The molecule has 5 nitrogen and oxygen atoms in total. The van der Waals surface area contributed by atoms with Gasteiger partial charge in [-0.25, -0.2) is 0 Å². The lowest BCUT2D eigenvalue weighted by Gasteiger charge is -2.21. The van der Waals surface area contributed by atoms with Gasteiger partial charge in [-0.15, -0.1) is 0 Å². The first kappa shape index (κ1) is 18.3. The fourth-order valence-corrected chi connectivity index (χ4v) is 2.86. The molecule has 0 spiro atoms. The van der Waals surface area contributed by atoms with Crippen molar-refractivity contribution >= 4 is 23.3 Å². The molecule has 6 heteroatoms. The minimum absolute atomic E-state index is 0.0798. The lowest BCUT2D eigenvalue weighted by atomic mass is 10.1. The smallest absolute Gasteiger partial charge is 0.220 e. The number of benzene rings is 2. The molecule has 0 fully saturated rings. The highest BCUT2D eigenvalue weighted by Gasteiger charge is 2.16. The Bertz CT molecular complexity index is 804. The molecule has 0 bridgehead atoms. The van der Waals surface area contributed by atoms with E-state index >= 15 is 0 Å². The van der Waals surface area contributed by atoms with Crippen LogP contribution in [0.5, 0.6) is 11.5 Å². The van der Waals surface area contributed by atoms with Gasteiger partial charge in [0.2, 0.25) is 5.91 Å². The van der Waals surface area contributed by atoms with Crippen LogP contribution in [0.15, 0.2) is 42.5 Å². The van der Waals surface area contributed by atoms with Crippen molar-refractivity contribution in [1.29, 1.82) is 0 Å². The second kappa shape index (κ2) is 8.23. The van der Waals surface area contributed by atoms with Crippen molar-refractivity contribution in [2.24, 2.45) is 0 Å². The summed E-state index contributed by atoms with van der Waals surface area (Å²) in [7, 11) is 0. The maximum Gasteiger partial charge on any atom is 0.220 e. The highest BCUT2D eigenvalue weighted by Crippen LogP contribution is 2.32. The number of Topliss-reactive ketones (excluding diaryl/α,β-unsaturated/α-hetero) is 1. The van der Waals surface area contributed by atoms with Crippen LogP contribution in [0.4, 0.5) is 0 Å². The molecule has 1 unspecified atom stereocenters. The summed E-state index contributed by atoms with van der Waals surface area (Å²) < 4.78 is 11.1. The van der Waals surface area contributed by atoms with Crippen molar-refractivity contribution in [3.8, 4) is 11.5 Å². The first-order chi connectivity index (χ1) is 12.5. The number of amides is 1. The van der Waals surface area contributed by atoms with E-state index in [9.17, 15) is 9.59 Å². The van der Waals surface area contributed by atoms with Crippen LogP contribution >= 0.6 is 11.6 Å². The SMILES string of the molecule is CC(NC(=O)CCC(=O)c1ccc(Cl)cc1)c1ccc2c(c1)OCCO2. The fraction of sp³-hybridized carbons (Fsp3) is 0.300. The minimum Gasteiger partial charge on any atom is -0.486 e. The molecule has 1 atom stereocenters. The zero-order valence-corrected chi connectivity index (χ0v) is 15.2. The van der Waals surface area contributed by atoms with Crippen molar-refractivity contribution in [1.82, 2.24) is 5.32 Å². The largest absolute Gasteiger partial charge is 0.486 e. The molecule has 0 saturated heterocycles. The van der Waals surface area contributed by atoms with Crippen LogP contribution in [0.2, 0.25) is 5.02 Å². The molecule has 1 heterocycles. The van der Waals surface area contributed by atoms with Gasteiger partial charge < -0.3 is 14.8 Å². The number of carbonyl (C=O) groups excluding carboxylic acids is 2. The summed E-state index contributed by atoms with van der Waals surface area (Å²) in [4.78, 5) is 24.3. The minimum atomic E-state index is -0.191. The standard InChI is InChI=1S/C20H20ClNO4/c1-13(15-4-8-18-19(12-15)26-11-10-25-18)22-20(24)9-7-17(23)14-2-5-16(21)6-3-14/h2-6,8,12-13H,7,9-11H2,1H3,(H,22,24). The summed E-state index contributed by atoms with van der Waals surface area (Å²) in [5.74, 6) is 1.15. The van der Waals surface area contributed by atoms with Gasteiger partial charge in [0.05, 0.1) is 6.04 Å². The van der Waals surface area contributed by atoms with Crippen molar-refractivity contribution < 1.29 is 19.1 Å². The molecule has 26 heavy (non-hydrogen) atoms. The molecule has 136 valence electrons. The van der Waals surface area contributed by atoms with Gasteiger partial charge in [-0.2, -0.15) is 0 Å². The van der Waals surface area contributed by atoms with Gasteiger partial charge >= 0.3 is 0 Å². The van der Waals surface area contributed by atoms with E-state index in [1.165, 1.54) is 0 Å². The summed E-state index contributed by atoms with van der Waals surface area (Å²) in [6, 6.07) is 12.1. The number of hydrogen-bond acceptors (Lipinski definition) is 4. The molecule has 1 aliphatic heterocycles. The molecule has 1 amide bonds. The average molecular weight is 374 g/mol. The Morgan fingerprint density at radius 3 is 2.46 bits per heavy atom. The third kappa shape index (κ3) is 4.55. The zero-order chi connectivity index (χ0) is 18.5. The molecule has 2 aromatic carbocycles. The Hall–Kier alpha value is -2.53. The highest BCUT2D eigenvalue weighted by atomic mass is 35.5. The summed E-state index contributed by atoms with van der Waals surface area (Å²) in [6.45, 7) is 2.95. The summed E-state index contributed by atoms with van der Waals surface area (Å²) in [5.41, 5.74) is 1.48. The molecule has 2 aromatic rings.